The molecule has 0 aliphatic rings. The Hall–Kier alpha value is -1.59. The number of fused-ring (bicyclic) bond motifs is 1. The van der Waals surface area contributed by atoms with E-state index in [9.17, 15) is 5.11 Å². The highest BCUT2D eigenvalue weighted by Crippen LogP contribution is 2.18. The molecular formula is C14H22N4O. The number of aromatic nitrogens is 2. The highest BCUT2D eigenvalue weighted by molar-refractivity contribution is 5.78. The Balaban J connectivity index is 2.12. The lowest BCUT2D eigenvalue weighted by Crippen LogP contribution is -2.43. The van der Waals surface area contributed by atoms with Crippen LogP contribution in [0.2, 0.25) is 0 Å². The van der Waals surface area contributed by atoms with Gasteiger partial charge in [-0.15, -0.1) is 0 Å². The largest absolute Gasteiger partial charge is 0.387 e. The second kappa shape index (κ2) is 5.19. The third-order valence-electron chi connectivity index (χ3n) is 3.07. The molecule has 0 aliphatic heterocycles. The van der Waals surface area contributed by atoms with Gasteiger partial charge in [0, 0.05) is 20.1 Å². The molecule has 2 rings (SSSR count). The van der Waals surface area contributed by atoms with Crippen molar-refractivity contribution in [1.29, 1.82) is 0 Å². The molecule has 0 saturated carbocycles. The van der Waals surface area contributed by atoms with E-state index in [1.807, 2.05) is 61.8 Å². The minimum atomic E-state index is -0.790. The number of aliphatic hydroxyl groups is 1. The second-order valence-corrected chi connectivity index (χ2v) is 5.57. The molecule has 1 atom stereocenters. The fraction of sp³-hybridized carbons (Fsp3) is 0.500. The lowest BCUT2D eigenvalue weighted by atomic mass is 10.1. The number of nitrogens with zero attached hydrogens (tertiary/aromatic N) is 3. The van der Waals surface area contributed by atoms with Crippen LogP contribution in [0.5, 0.6) is 0 Å². The van der Waals surface area contributed by atoms with E-state index < -0.39 is 5.60 Å². The molecule has 0 saturated heterocycles. The number of imidazole rings is 1. The number of hydrogen-bond acceptors (Lipinski definition) is 4. The normalized spacial score (nSPS) is 14.8. The lowest BCUT2D eigenvalue weighted by Gasteiger charge is -2.27. The van der Waals surface area contributed by atoms with Crippen LogP contribution in [0.3, 0.4) is 0 Å². The summed E-state index contributed by atoms with van der Waals surface area (Å²) in [4.78, 5) is 6.49. The van der Waals surface area contributed by atoms with Gasteiger partial charge in [-0.3, -0.25) is 0 Å². The first-order valence-corrected chi connectivity index (χ1v) is 6.41. The average molecular weight is 262 g/mol. The molecule has 5 heteroatoms. The van der Waals surface area contributed by atoms with E-state index >= 15 is 0 Å². The summed E-state index contributed by atoms with van der Waals surface area (Å²) in [5.74, 6) is 0.778. The van der Waals surface area contributed by atoms with Crippen LogP contribution in [0.25, 0.3) is 11.0 Å². The summed E-state index contributed by atoms with van der Waals surface area (Å²) in [6.45, 7) is 2.88. The van der Waals surface area contributed by atoms with Gasteiger partial charge in [-0.05, 0) is 33.2 Å². The molecule has 0 spiro atoms. The molecule has 1 unspecified atom stereocenters. The first-order chi connectivity index (χ1) is 8.89. The predicted molar refractivity (Wildman–Crippen MR) is 78.4 cm³/mol. The molecule has 0 fully saturated rings. The average Bonchev–Trinajstić information content (AvgIpc) is 2.63. The Morgan fingerprint density at radius 3 is 2.68 bits per heavy atom. The zero-order valence-electron chi connectivity index (χ0n) is 12.0. The molecule has 2 N–H and O–H groups in total. The van der Waals surface area contributed by atoms with Crippen LogP contribution < -0.4 is 5.32 Å². The quantitative estimate of drug-likeness (QED) is 0.853. The molecule has 2 aromatic rings. The van der Waals surface area contributed by atoms with E-state index in [4.69, 9.17) is 0 Å². The standard InChI is InChI=1S/C14H22N4O/c1-14(19,10-17(2)3)9-15-13-16-11-7-5-6-8-12(11)18(13)4/h5-8,19H,9-10H2,1-4H3,(H,15,16). The topological polar surface area (TPSA) is 53.3 Å². The Labute approximate surface area is 113 Å². The van der Waals surface area contributed by atoms with Crippen molar-refractivity contribution in [3.8, 4) is 0 Å². The molecule has 0 bridgehead atoms. The molecule has 1 aromatic carbocycles. The maximum absolute atomic E-state index is 10.3. The van der Waals surface area contributed by atoms with E-state index in [0.717, 1.165) is 17.0 Å². The van der Waals surface area contributed by atoms with Crippen LogP contribution in [0.15, 0.2) is 24.3 Å². The van der Waals surface area contributed by atoms with Crippen LogP contribution >= 0.6 is 0 Å². The maximum Gasteiger partial charge on any atom is 0.203 e. The maximum atomic E-state index is 10.3. The molecule has 0 amide bonds. The van der Waals surface area contributed by atoms with Crippen LogP contribution in [0.4, 0.5) is 5.95 Å². The van der Waals surface area contributed by atoms with Crippen LogP contribution in [-0.4, -0.2) is 52.3 Å². The Kier molecular flexibility index (Phi) is 3.78. The SMILES string of the molecule is CN(C)CC(C)(O)CNc1nc2ccccc2n1C. The number of para-hydroxylation sites is 2. The van der Waals surface area contributed by atoms with Crippen molar-refractivity contribution in [2.24, 2.45) is 7.05 Å². The summed E-state index contributed by atoms with van der Waals surface area (Å²) in [7, 11) is 5.87. The number of rotatable bonds is 5. The number of anilines is 1. The Bertz CT molecular complexity index is 560. The molecular weight excluding hydrogens is 240 g/mol. The molecule has 0 aliphatic carbocycles. The van der Waals surface area contributed by atoms with Gasteiger partial charge in [0.15, 0.2) is 0 Å². The minimum absolute atomic E-state index is 0.461. The van der Waals surface area contributed by atoms with E-state index in [-0.39, 0.29) is 0 Å². The number of hydrogen-bond donors (Lipinski definition) is 2. The number of benzene rings is 1. The summed E-state index contributed by atoms with van der Waals surface area (Å²) in [6.07, 6.45) is 0. The summed E-state index contributed by atoms with van der Waals surface area (Å²) in [5, 5.41) is 13.5. The van der Waals surface area contributed by atoms with Gasteiger partial charge < -0.3 is 19.9 Å². The molecule has 0 radical (unpaired) electrons. The van der Waals surface area contributed by atoms with Crippen molar-refractivity contribution >= 4 is 17.0 Å². The van der Waals surface area contributed by atoms with Gasteiger partial charge in [0.1, 0.15) is 0 Å². The second-order valence-electron chi connectivity index (χ2n) is 5.57. The number of nitrogens with one attached hydrogen (secondary N) is 1. The van der Waals surface area contributed by atoms with Gasteiger partial charge in [0.2, 0.25) is 5.95 Å². The monoisotopic (exact) mass is 262 g/mol. The zero-order valence-corrected chi connectivity index (χ0v) is 12.0. The molecule has 1 aromatic heterocycles. The number of likely N-dealkylation sites (N-methyl/N-ethyl adjacent to an activating group) is 1. The third-order valence-corrected chi connectivity index (χ3v) is 3.07. The Morgan fingerprint density at radius 1 is 1.37 bits per heavy atom. The minimum Gasteiger partial charge on any atom is -0.387 e. The van der Waals surface area contributed by atoms with E-state index in [2.05, 4.69) is 10.3 Å². The van der Waals surface area contributed by atoms with Crippen LogP contribution in [-0.2, 0) is 7.05 Å². The Morgan fingerprint density at radius 2 is 2.05 bits per heavy atom. The van der Waals surface area contributed by atoms with Gasteiger partial charge in [0.05, 0.1) is 16.6 Å². The molecule has 104 valence electrons. The lowest BCUT2D eigenvalue weighted by molar-refractivity contribution is 0.0458. The summed E-state index contributed by atoms with van der Waals surface area (Å²) >= 11 is 0. The predicted octanol–water partition coefficient (Wildman–Crippen LogP) is 1.30. The van der Waals surface area contributed by atoms with Crippen molar-refractivity contribution in [3.63, 3.8) is 0 Å². The summed E-state index contributed by atoms with van der Waals surface area (Å²) in [5.41, 5.74) is 1.25. The van der Waals surface area contributed by atoms with Gasteiger partial charge >= 0.3 is 0 Å². The van der Waals surface area contributed by atoms with Crippen LogP contribution in [0.1, 0.15) is 6.92 Å². The highest BCUT2D eigenvalue weighted by Gasteiger charge is 2.21. The van der Waals surface area contributed by atoms with Gasteiger partial charge in [-0.2, -0.15) is 0 Å². The van der Waals surface area contributed by atoms with Crippen molar-refractivity contribution in [1.82, 2.24) is 14.5 Å². The van der Waals surface area contributed by atoms with Crippen molar-refractivity contribution in [2.45, 2.75) is 12.5 Å². The fourth-order valence-electron chi connectivity index (χ4n) is 2.31. The van der Waals surface area contributed by atoms with Gasteiger partial charge in [0.25, 0.3) is 0 Å². The molecule has 1 heterocycles. The zero-order chi connectivity index (χ0) is 14.0. The van der Waals surface area contributed by atoms with E-state index in [1.54, 1.807) is 0 Å². The highest BCUT2D eigenvalue weighted by atomic mass is 16.3. The van der Waals surface area contributed by atoms with Crippen molar-refractivity contribution in [2.75, 3.05) is 32.5 Å². The summed E-state index contributed by atoms with van der Waals surface area (Å²) < 4.78 is 2.00. The third kappa shape index (κ3) is 3.24. The fourth-order valence-corrected chi connectivity index (χ4v) is 2.31. The van der Waals surface area contributed by atoms with Gasteiger partial charge in [-0.25, -0.2) is 4.98 Å². The first-order valence-electron chi connectivity index (χ1n) is 6.41. The van der Waals surface area contributed by atoms with Crippen molar-refractivity contribution < 1.29 is 5.11 Å². The summed E-state index contributed by atoms with van der Waals surface area (Å²) in [6, 6.07) is 7.99. The van der Waals surface area contributed by atoms with E-state index in [1.165, 1.54) is 0 Å². The molecule has 19 heavy (non-hydrogen) atoms. The van der Waals surface area contributed by atoms with Crippen molar-refractivity contribution in [3.05, 3.63) is 24.3 Å². The first kappa shape index (κ1) is 13.8. The smallest absolute Gasteiger partial charge is 0.203 e. The number of aryl methyl sites for hydroxylation is 1. The molecule has 5 nitrogen and oxygen atoms in total. The van der Waals surface area contributed by atoms with E-state index in [0.29, 0.717) is 13.1 Å². The van der Waals surface area contributed by atoms with Crippen LogP contribution in [0, 0.1) is 0 Å². The van der Waals surface area contributed by atoms with Gasteiger partial charge in [-0.1, -0.05) is 12.1 Å².